The van der Waals surface area contributed by atoms with Crippen LogP contribution in [0.1, 0.15) is 188 Å². The molecule has 0 bridgehead atoms. The molecule has 1 atom stereocenters. The van der Waals surface area contributed by atoms with Crippen LogP contribution in [0.4, 0.5) is 0 Å². The van der Waals surface area contributed by atoms with Gasteiger partial charge in [-0.25, -0.2) is 0 Å². The van der Waals surface area contributed by atoms with E-state index in [2.05, 4.69) is 154 Å². The Morgan fingerprint density at radius 2 is 0.635 bits per heavy atom. The van der Waals surface area contributed by atoms with E-state index < -0.39 is 6.10 Å². The van der Waals surface area contributed by atoms with Crippen molar-refractivity contribution in [3.05, 3.63) is 134 Å². The molecule has 1 unspecified atom stereocenters. The molecule has 0 aliphatic rings. The third kappa shape index (κ3) is 48.4. The molecule has 0 saturated heterocycles. The van der Waals surface area contributed by atoms with Gasteiger partial charge in [0.05, 0.1) is 0 Å². The van der Waals surface area contributed by atoms with Gasteiger partial charge in [-0.15, -0.1) is 0 Å². The van der Waals surface area contributed by atoms with Crippen LogP contribution in [0.15, 0.2) is 134 Å². The Labute approximate surface area is 385 Å². The number of carbonyl (C=O) groups excluding carboxylic acids is 3. The molecular weight excluding hydrogens is 781 g/mol. The lowest BCUT2D eigenvalue weighted by atomic mass is 10.1. The molecule has 0 rings (SSSR count). The lowest BCUT2D eigenvalue weighted by Crippen LogP contribution is -2.30. The molecule has 0 aliphatic heterocycles. The fourth-order valence-corrected chi connectivity index (χ4v) is 6.01. The first-order valence-corrected chi connectivity index (χ1v) is 24.7. The normalized spacial score (nSPS) is 13.3. The van der Waals surface area contributed by atoms with Crippen LogP contribution < -0.4 is 0 Å². The van der Waals surface area contributed by atoms with E-state index in [1.807, 2.05) is 0 Å². The summed E-state index contributed by atoms with van der Waals surface area (Å²) >= 11 is 0. The van der Waals surface area contributed by atoms with Gasteiger partial charge in [-0.2, -0.15) is 0 Å². The van der Waals surface area contributed by atoms with Gasteiger partial charge in [-0.3, -0.25) is 14.4 Å². The van der Waals surface area contributed by atoms with Gasteiger partial charge in [0.2, 0.25) is 0 Å². The molecule has 0 radical (unpaired) electrons. The zero-order chi connectivity index (χ0) is 45.8. The molecule has 0 saturated carbocycles. The second kappa shape index (κ2) is 50.2. The summed E-state index contributed by atoms with van der Waals surface area (Å²) in [5.41, 5.74) is 0. The molecule has 0 aromatic rings. The SMILES string of the molecule is CC/C=C\C/C=C\C/C=C\C/C=C\C/C=C\C/C=C\C/C=C\CCCC(=O)OCC(COC(=O)CCCCCCC)OC(=O)CCCCCC/C=C\C/C=C\C/C=C\C/C=C\CC. The number of allylic oxidation sites excluding steroid dienone is 22. The Balaban J connectivity index is 4.36. The number of carbonyl (C=O) groups is 3. The molecular formula is C57H88O6. The summed E-state index contributed by atoms with van der Waals surface area (Å²) in [5.74, 6) is -1.03. The van der Waals surface area contributed by atoms with Gasteiger partial charge in [-0.05, 0) is 109 Å². The highest BCUT2D eigenvalue weighted by Gasteiger charge is 2.19. The first-order chi connectivity index (χ1) is 31.0. The van der Waals surface area contributed by atoms with E-state index in [-0.39, 0.29) is 44.0 Å². The summed E-state index contributed by atoms with van der Waals surface area (Å²) in [6, 6.07) is 0. The molecule has 0 aliphatic carbocycles. The topological polar surface area (TPSA) is 78.9 Å². The first-order valence-electron chi connectivity index (χ1n) is 24.7. The van der Waals surface area contributed by atoms with E-state index >= 15 is 0 Å². The van der Waals surface area contributed by atoms with E-state index in [9.17, 15) is 14.4 Å². The maximum atomic E-state index is 12.7. The first kappa shape index (κ1) is 58.6. The van der Waals surface area contributed by atoms with Crippen molar-refractivity contribution in [2.24, 2.45) is 0 Å². The standard InChI is InChI=1S/C57H88O6/c1-4-7-10-13-15-17-19-21-23-25-26-27-28-29-30-32-33-35-37-39-41-44-47-50-56(59)62-53-54(52-61-55(58)49-46-43-12-9-6-3)63-57(60)51-48-45-42-40-38-36-34-31-24-22-20-18-16-14-11-8-5-2/h7-8,10-11,15-18,21-24,26-27,29-30,33-36,39,41,54H,4-6,9,12-14,19-20,25,28,31-32,37-38,40,42-53H2,1-3H3/b10-7-,11-8-,17-15-,18-16-,23-21-,24-22-,27-26-,30-29-,35-33-,36-34-,41-39-. The van der Waals surface area contributed by atoms with Gasteiger partial charge in [0.1, 0.15) is 13.2 Å². The predicted octanol–water partition coefficient (Wildman–Crippen LogP) is 16.3. The monoisotopic (exact) mass is 869 g/mol. The van der Waals surface area contributed by atoms with E-state index in [1.165, 1.54) is 0 Å². The van der Waals surface area contributed by atoms with Gasteiger partial charge in [0.25, 0.3) is 0 Å². The molecule has 352 valence electrons. The quantitative estimate of drug-likeness (QED) is 0.0263. The van der Waals surface area contributed by atoms with E-state index in [1.54, 1.807) is 0 Å². The van der Waals surface area contributed by atoms with Crippen LogP contribution in [0.3, 0.4) is 0 Å². The summed E-state index contributed by atoms with van der Waals surface area (Å²) in [6.07, 6.45) is 70.5. The fourth-order valence-electron chi connectivity index (χ4n) is 6.01. The number of rotatable bonds is 42. The maximum absolute atomic E-state index is 12.7. The minimum atomic E-state index is -0.815. The van der Waals surface area contributed by atoms with Crippen LogP contribution in [0.2, 0.25) is 0 Å². The van der Waals surface area contributed by atoms with Gasteiger partial charge in [-0.1, -0.05) is 193 Å². The van der Waals surface area contributed by atoms with Gasteiger partial charge >= 0.3 is 17.9 Å². The Hall–Kier alpha value is -4.45. The number of esters is 3. The Morgan fingerprint density at radius 3 is 1.02 bits per heavy atom. The van der Waals surface area contributed by atoms with Gasteiger partial charge in [0, 0.05) is 19.3 Å². The zero-order valence-corrected chi connectivity index (χ0v) is 40.0. The van der Waals surface area contributed by atoms with Crippen LogP contribution in [0, 0.1) is 0 Å². The van der Waals surface area contributed by atoms with E-state index in [0.29, 0.717) is 12.8 Å². The lowest BCUT2D eigenvalue weighted by Gasteiger charge is -2.18. The number of unbranched alkanes of at least 4 members (excludes halogenated alkanes) is 9. The third-order valence-electron chi connectivity index (χ3n) is 9.65. The van der Waals surface area contributed by atoms with Crippen molar-refractivity contribution in [3.8, 4) is 0 Å². The molecule has 63 heavy (non-hydrogen) atoms. The average Bonchev–Trinajstić information content (AvgIpc) is 3.28. The van der Waals surface area contributed by atoms with Crippen molar-refractivity contribution in [2.45, 2.75) is 194 Å². The minimum Gasteiger partial charge on any atom is -0.462 e. The molecule has 6 nitrogen and oxygen atoms in total. The van der Waals surface area contributed by atoms with Crippen molar-refractivity contribution < 1.29 is 28.6 Å². The smallest absolute Gasteiger partial charge is 0.306 e. The summed E-state index contributed by atoms with van der Waals surface area (Å²) in [6.45, 7) is 6.22. The summed E-state index contributed by atoms with van der Waals surface area (Å²) in [5, 5.41) is 0. The number of hydrogen-bond acceptors (Lipinski definition) is 6. The van der Waals surface area contributed by atoms with Crippen LogP contribution in [0.25, 0.3) is 0 Å². The molecule has 0 spiro atoms. The summed E-state index contributed by atoms with van der Waals surface area (Å²) in [4.78, 5) is 37.6. The van der Waals surface area contributed by atoms with Crippen LogP contribution in [-0.4, -0.2) is 37.2 Å². The Morgan fingerprint density at radius 1 is 0.333 bits per heavy atom. The summed E-state index contributed by atoms with van der Waals surface area (Å²) < 4.78 is 16.6. The van der Waals surface area contributed by atoms with Gasteiger partial charge < -0.3 is 14.2 Å². The van der Waals surface area contributed by atoms with Crippen LogP contribution in [0.5, 0.6) is 0 Å². The van der Waals surface area contributed by atoms with Crippen molar-refractivity contribution in [2.75, 3.05) is 13.2 Å². The molecule has 0 amide bonds. The largest absolute Gasteiger partial charge is 0.462 e. The molecule has 0 fully saturated rings. The van der Waals surface area contributed by atoms with E-state index in [0.717, 1.165) is 141 Å². The summed E-state index contributed by atoms with van der Waals surface area (Å²) in [7, 11) is 0. The molecule has 6 heteroatoms. The zero-order valence-electron chi connectivity index (χ0n) is 40.0. The maximum Gasteiger partial charge on any atom is 0.306 e. The second-order valence-corrected chi connectivity index (χ2v) is 15.6. The minimum absolute atomic E-state index is 0.112. The molecule has 0 aromatic heterocycles. The molecule has 0 heterocycles. The van der Waals surface area contributed by atoms with Gasteiger partial charge in [0.15, 0.2) is 6.10 Å². The lowest BCUT2D eigenvalue weighted by molar-refractivity contribution is -0.167. The van der Waals surface area contributed by atoms with Crippen LogP contribution in [-0.2, 0) is 28.6 Å². The molecule has 0 aromatic carbocycles. The van der Waals surface area contributed by atoms with Crippen LogP contribution >= 0.6 is 0 Å². The van der Waals surface area contributed by atoms with Crippen molar-refractivity contribution in [3.63, 3.8) is 0 Å². The highest BCUT2D eigenvalue weighted by molar-refractivity contribution is 5.71. The predicted molar refractivity (Wildman–Crippen MR) is 269 cm³/mol. The Kier molecular flexibility index (Phi) is 46.7. The van der Waals surface area contributed by atoms with E-state index in [4.69, 9.17) is 14.2 Å². The fraction of sp³-hybridized carbons (Fsp3) is 0.561. The molecule has 0 N–H and O–H groups in total. The third-order valence-corrected chi connectivity index (χ3v) is 9.65. The highest BCUT2D eigenvalue weighted by atomic mass is 16.6. The van der Waals surface area contributed by atoms with Crippen molar-refractivity contribution in [1.82, 2.24) is 0 Å². The van der Waals surface area contributed by atoms with Crippen molar-refractivity contribution in [1.29, 1.82) is 0 Å². The van der Waals surface area contributed by atoms with Crippen molar-refractivity contribution >= 4 is 17.9 Å². The highest BCUT2D eigenvalue weighted by Crippen LogP contribution is 2.11. The number of ether oxygens (including phenoxy) is 3. The Bertz CT molecular complexity index is 1420. The second-order valence-electron chi connectivity index (χ2n) is 15.6. The average molecular weight is 869 g/mol. The number of hydrogen-bond donors (Lipinski definition) is 0.